The van der Waals surface area contributed by atoms with Crippen molar-refractivity contribution < 1.29 is 9.53 Å². The van der Waals surface area contributed by atoms with Gasteiger partial charge in [-0.1, -0.05) is 49.2 Å². The lowest BCUT2D eigenvalue weighted by Crippen LogP contribution is -2.53. The van der Waals surface area contributed by atoms with Crippen molar-refractivity contribution >= 4 is 23.2 Å². The predicted molar refractivity (Wildman–Crippen MR) is 125 cm³/mol. The number of hydrogen-bond acceptors (Lipinski definition) is 5. The number of unbranched alkanes of at least 4 members (excludes halogenated alkanes) is 1. The van der Waals surface area contributed by atoms with Crippen molar-refractivity contribution in [3.63, 3.8) is 0 Å². The molecule has 6 nitrogen and oxygen atoms in total. The van der Waals surface area contributed by atoms with Crippen LogP contribution in [0.25, 0.3) is 0 Å². The van der Waals surface area contributed by atoms with Gasteiger partial charge in [0.25, 0.3) is 0 Å². The largest absolute Gasteiger partial charge is 0.493 e. The molecular formula is C24H31ClN4O2. The first-order chi connectivity index (χ1) is 15.2. The van der Waals surface area contributed by atoms with E-state index in [4.69, 9.17) is 16.3 Å². The Labute approximate surface area is 189 Å². The summed E-state index contributed by atoms with van der Waals surface area (Å²) in [6.45, 7) is 5.92. The molecule has 2 aromatic rings. The minimum Gasteiger partial charge on any atom is -0.493 e. The van der Waals surface area contributed by atoms with Gasteiger partial charge in [-0.05, 0) is 37.1 Å². The molecule has 2 N–H and O–H groups in total. The molecule has 0 saturated carbocycles. The maximum Gasteiger partial charge on any atom is 0.241 e. The van der Waals surface area contributed by atoms with Crippen LogP contribution in [-0.4, -0.2) is 49.6 Å². The smallest absolute Gasteiger partial charge is 0.241 e. The molecule has 7 heteroatoms. The Bertz CT molecular complexity index is 885. The van der Waals surface area contributed by atoms with E-state index in [2.05, 4.69) is 34.8 Å². The number of carbonyl (C=O) groups excluding carboxylic acids is 1. The summed E-state index contributed by atoms with van der Waals surface area (Å²) in [5.41, 5.74) is 8.75. The van der Waals surface area contributed by atoms with Gasteiger partial charge in [-0.15, -0.1) is 0 Å². The topological polar surface area (TPSA) is 56.8 Å². The number of ether oxygens (including phenoxy) is 1. The van der Waals surface area contributed by atoms with Crippen LogP contribution in [-0.2, 0) is 4.79 Å². The fourth-order valence-corrected chi connectivity index (χ4v) is 4.41. The average Bonchev–Trinajstić information content (AvgIpc) is 3.29. The van der Waals surface area contributed by atoms with Gasteiger partial charge in [0.1, 0.15) is 11.8 Å². The zero-order chi connectivity index (χ0) is 21.6. The number of carbonyl (C=O) groups is 1. The van der Waals surface area contributed by atoms with Crippen molar-refractivity contribution in [1.29, 1.82) is 0 Å². The predicted octanol–water partition coefficient (Wildman–Crippen LogP) is 3.78. The van der Waals surface area contributed by atoms with Gasteiger partial charge in [0.05, 0.1) is 12.6 Å². The highest BCUT2D eigenvalue weighted by Crippen LogP contribution is 2.31. The Balaban J connectivity index is 1.32. The van der Waals surface area contributed by atoms with E-state index < -0.39 is 0 Å². The number of nitrogens with one attached hydrogen (secondary N) is 2. The van der Waals surface area contributed by atoms with Crippen LogP contribution >= 0.6 is 11.6 Å². The first-order valence-electron chi connectivity index (χ1n) is 11.2. The van der Waals surface area contributed by atoms with Gasteiger partial charge in [0, 0.05) is 42.5 Å². The lowest BCUT2D eigenvalue weighted by molar-refractivity contribution is -0.133. The molecule has 1 amide bonds. The fraction of sp³-hybridized carbons (Fsp3) is 0.458. The Morgan fingerprint density at radius 2 is 1.90 bits per heavy atom. The van der Waals surface area contributed by atoms with Gasteiger partial charge >= 0.3 is 0 Å². The van der Waals surface area contributed by atoms with Crippen LogP contribution in [0.15, 0.2) is 48.5 Å². The summed E-state index contributed by atoms with van der Waals surface area (Å²) in [4.78, 5) is 17.4. The summed E-state index contributed by atoms with van der Waals surface area (Å²) in [5.74, 6) is 1.06. The molecule has 0 aliphatic carbocycles. The third-order valence-electron chi connectivity index (χ3n) is 6.02. The van der Waals surface area contributed by atoms with Crippen LogP contribution in [0.4, 0.5) is 5.69 Å². The Morgan fingerprint density at radius 1 is 1.10 bits per heavy atom. The van der Waals surface area contributed by atoms with Crippen LogP contribution in [0.2, 0.25) is 5.02 Å². The first kappa shape index (κ1) is 21.9. The molecule has 31 heavy (non-hydrogen) atoms. The lowest BCUT2D eigenvalue weighted by Gasteiger charge is -2.37. The third kappa shape index (κ3) is 5.32. The third-order valence-corrected chi connectivity index (χ3v) is 6.25. The molecule has 2 aliphatic heterocycles. The summed E-state index contributed by atoms with van der Waals surface area (Å²) < 4.78 is 5.99. The zero-order valence-corrected chi connectivity index (χ0v) is 18.8. The second-order valence-electron chi connectivity index (χ2n) is 8.16. The second-order valence-corrected chi connectivity index (χ2v) is 8.60. The van der Waals surface area contributed by atoms with E-state index in [1.807, 2.05) is 41.3 Å². The number of halogens is 1. The van der Waals surface area contributed by atoms with Crippen LogP contribution in [0.1, 0.15) is 37.8 Å². The molecule has 0 radical (unpaired) electrons. The number of nitrogens with zero attached hydrogens (tertiary/aromatic N) is 2. The van der Waals surface area contributed by atoms with Gasteiger partial charge in [-0.2, -0.15) is 0 Å². The highest BCUT2D eigenvalue weighted by Gasteiger charge is 2.35. The maximum absolute atomic E-state index is 13.1. The standard InChI is InChI=1S/C24H31ClN4O2/c1-2-3-15-31-23-10-5-4-9-20(23)21-17-22(27-26-21)24(30)29-13-11-28(12-14-29)19-8-6-7-18(25)16-19/h4-10,16,21-22,26-27H,2-3,11-15,17H2,1H3. The number of hydrazine groups is 1. The number of rotatable bonds is 7. The van der Waals surface area contributed by atoms with Crippen LogP contribution < -0.4 is 20.5 Å². The summed E-state index contributed by atoms with van der Waals surface area (Å²) >= 11 is 6.12. The van der Waals surface area contributed by atoms with Crippen molar-refractivity contribution in [1.82, 2.24) is 15.8 Å². The van der Waals surface area contributed by atoms with Crippen molar-refractivity contribution in [3.05, 3.63) is 59.1 Å². The molecule has 0 aromatic heterocycles. The second kappa shape index (κ2) is 10.4. The molecule has 2 atom stereocenters. The van der Waals surface area contributed by atoms with Gasteiger partial charge in [-0.25, -0.2) is 10.9 Å². The fourth-order valence-electron chi connectivity index (χ4n) is 4.23. The van der Waals surface area contributed by atoms with Crippen molar-refractivity contribution in [2.75, 3.05) is 37.7 Å². The Morgan fingerprint density at radius 3 is 2.68 bits per heavy atom. The molecule has 2 fully saturated rings. The molecule has 166 valence electrons. The highest BCUT2D eigenvalue weighted by molar-refractivity contribution is 6.30. The summed E-state index contributed by atoms with van der Waals surface area (Å²) in [6, 6.07) is 15.8. The summed E-state index contributed by atoms with van der Waals surface area (Å²) in [5, 5.41) is 0.738. The normalized spacial score (nSPS) is 21.4. The van der Waals surface area contributed by atoms with Crippen molar-refractivity contribution in [2.24, 2.45) is 0 Å². The number of anilines is 1. The van der Waals surface area contributed by atoms with Crippen LogP contribution in [0.3, 0.4) is 0 Å². The van der Waals surface area contributed by atoms with Crippen molar-refractivity contribution in [2.45, 2.75) is 38.3 Å². The molecule has 0 bridgehead atoms. The van der Waals surface area contributed by atoms with E-state index >= 15 is 0 Å². The number of para-hydroxylation sites is 1. The monoisotopic (exact) mass is 442 g/mol. The van der Waals surface area contributed by atoms with E-state index in [1.54, 1.807) is 0 Å². The Hall–Kier alpha value is -2.28. The van der Waals surface area contributed by atoms with Gasteiger partial charge < -0.3 is 14.5 Å². The van der Waals surface area contributed by atoms with E-state index in [-0.39, 0.29) is 18.0 Å². The summed E-state index contributed by atoms with van der Waals surface area (Å²) in [6.07, 6.45) is 2.85. The SMILES string of the molecule is CCCCOc1ccccc1C1CC(C(=O)N2CCN(c3cccc(Cl)c3)CC2)NN1. The molecular weight excluding hydrogens is 412 g/mol. The number of amides is 1. The summed E-state index contributed by atoms with van der Waals surface area (Å²) in [7, 11) is 0. The van der Waals surface area contributed by atoms with Crippen LogP contribution in [0.5, 0.6) is 5.75 Å². The highest BCUT2D eigenvalue weighted by atomic mass is 35.5. The van der Waals surface area contributed by atoms with Gasteiger partial charge in [-0.3, -0.25) is 4.79 Å². The minimum atomic E-state index is -0.230. The minimum absolute atomic E-state index is 0.0551. The molecule has 2 aromatic carbocycles. The molecule has 2 saturated heterocycles. The molecule has 0 spiro atoms. The maximum atomic E-state index is 13.1. The van der Waals surface area contributed by atoms with Gasteiger partial charge in [0.2, 0.25) is 5.91 Å². The van der Waals surface area contributed by atoms with E-state index in [1.165, 1.54) is 0 Å². The lowest BCUT2D eigenvalue weighted by atomic mass is 10.0. The number of benzene rings is 2. The van der Waals surface area contributed by atoms with Crippen LogP contribution in [0, 0.1) is 0 Å². The Kier molecular flexibility index (Phi) is 7.33. The van der Waals surface area contributed by atoms with E-state index in [9.17, 15) is 4.79 Å². The number of hydrogen-bond donors (Lipinski definition) is 2. The van der Waals surface area contributed by atoms with Gasteiger partial charge in [0.15, 0.2) is 0 Å². The van der Waals surface area contributed by atoms with Crippen molar-refractivity contribution in [3.8, 4) is 5.75 Å². The van der Waals surface area contributed by atoms with E-state index in [0.29, 0.717) is 26.1 Å². The number of piperazine rings is 1. The molecule has 2 heterocycles. The average molecular weight is 443 g/mol. The first-order valence-corrected chi connectivity index (χ1v) is 11.6. The van der Waals surface area contributed by atoms with E-state index in [0.717, 1.165) is 48.0 Å². The molecule has 2 aliphatic rings. The zero-order valence-electron chi connectivity index (χ0n) is 18.0. The molecule has 4 rings (SSSR count). The quantitative estimate of drug-likeness (QED) is 0.639. The molecule has 2 unspecified atom stereocenters.